The molecule has 4 aliphatic rings. The van der Waals surface area contributed by atoms with E-state index in [-0.39, 0.29) is 11.3 Å². The second-order valence-electron chi connectivity index (χ2n) is 18.1. The summed E-state index contributed by atoms with van der Waals surface area (Å²) >= 11 is 0. The van der Waals surface area contributed by atoms with Gasteiger partial charge in [-0.2, -0.15) is 10.2 Å². The molecule has 368 valence electrons. The van der Waals surface area contributed by atoms with Crippen LogP contribution in [0.1, 0.15) is 143 Å². The molecule has 2 aromatic carbocycles. The zero-order valence-electron chi connectivity index (χ0n) is 38.3. The first-order valence-corrected chi connectivity index (χ1v) is 26.4. The maximum Gasteiger partial charge on any atom is 0.337 e. The summed E-state index contributed by atoms with van der Waals surface area (Å²) in [5, 5.41) is 21.7. The number of likely N-dealkylation sites (tertiary alicyclic amines) is 1. The molecule has 10 rings (SSSR count). The van der Waals surface area contributed by atoms with Gasteiger partial charge < -0.3 is 15.3 Å². The second kappa shape index (κ2) is 19.7. The van der Waals surface area contributed by atoms with Gasteiger partial charge in [0, 0.05) is 65.4 Å². The molecule has 4 N–H and O–H groups in total. The highest BCUT2D eigenvalue weighted by Gasteiger charge is 2.34. The standard InChI is InChI=1S/C23H25F2N5O3S.C15H20N4.C8H7F2NO4S/c1-13-9-18(14-6-7-14)26-22-12-20(27-30(13)22)21-5-3-4-8-29(21)23(31)15-10-16(24)17(25)11-19(15)28-34(2,32)33;1-10-8-13(11-5-6-11)17-15-9-14(18-19(10)15)12-4-2-3-7-16-12;1-16(14,15)11-7-3-6(10)5(9)2-4(7)8(12)13/h9-12,14,21,28H,3-8H2,1-2H3;8-9,11-12,16H,2-7H2,1H3;2-3,11H,1H3,(H,12,13)/t21-;12-;/m00./s1. The fourth-order valence-corrected chi connectivity index (χ4v) is 9.74. The third kappa shape index (κ3) is 11.8. The quantitative estimate of drug-likeness (QED) is 0.0970. The van der Waals surface area contributed by atoms with E-state index in [4.69, 9.17) is 25.3 Å². The molecule has 2 saturated carbocycles. The van der Waals surface area contributed by atoms with Gasteiger partial charge in [0.1, 0.15) is 0 Å². The topological polar surface area (TPSA) is 222 Å². The summed E-state index contributed by atoms with van der Waals surface area (Å²) in [5.41, 5.74) is 6.28. The predicted molar refractivity (Wildman–Crippen MR) is 248 cm³/mol. The summed E-state index contributed by atoms with van der Waals surface area (Å²) < 4.78 is 106. The number of carboxylic acids is 1. The van der Waals surface area contributed by atoms with Crippen molar-refractivity contribution in [3.05, 3.63) is 117 Å². The fraction of sp³-hybridized carbons (Fsp3) is 0.435. The third-order valence-electron chi connectivity index (χ3n) is 12.2. The lowest BCUT2D eigenvalue weighted by molar-refractivity contribution is 0.0605. The Hall–Kier alpha value is -6.20. The van der Waals surface area contributed by atoms with E-state index in [1.807, 2.05) is 23.6 Å². The molecule has 4 fully saturated rings. The molecule has 0 bridgehead atoms. The number of halogens is 4. The summed E-state index contributed by atoms with van der Waals surface area (Å²) in [6.07, 6.45) is 12.5. The molecule has 4 aromatic heterocycles. The number of benzene rings is 2. The van der Waals surface area contributed by atoms with Gasteiger partial charge in [-0.1, -0.05) is 6.42 Å². The first kappa shape index (κ1) is 49.2. The monoisotopic (exact) mass is 996 g/mol. The molecule has 23 heteroatoms. The van der Waals surface area contributed by atoms with Crippen molar-refractivity contribution in [3.63, 3.8) is 0 Å². The van der Waals surface area contributed by atoms with E-state index in [2.05, 4.69) is 29.1 Å². The van der Waals surface area contributed by atoms with Gasteiger partial charge in [-0.05, 0) is 102 Å². The summed E-state index contributed by atoms with van der Waals surface area (Å²) in [4.78, 5) is 35.3. The van der Waals surface area contributed by atoms with Gasteiger partial charge >= 0.3 is 5.97 Å². The van der Waals surface area contributed by atoms with Gasteiger partial charge in [0.15, 0.2) is 34.6 Å². The SMILES string of the molecule is CS(=O)(=O)Nc1cc(F)c(F)cc1C(=O)O.Cc1cc(C2CC2)nc2cc([C@@H]3CCCCN3)nn12.Cc1cc(C2CC2)nc2cc([C@@H]3CCCCN3C(=O)c3cc(F)c(F)cc3NS(C)(=O)=O)nn12. The molecule has 2 saturated heterocycles. The molecule has 6 heterocycles. The number of aromatic carboxylic acids is 1. The molecule has 1 amide bonds. The number of hydrogen-bond acceptors (Lipinski definition) is 11. The van der Waals surface area contributed by atoms with E-state index in [0.29, 0.717) is 60.4 Å². The molecular weight excluding hydrogens is 945 g/mol. The third-order valence-corrected chi connectivity index (χ3v) is 13.4. The van der Waals surface area contributed by atoms with Crippen molar-refractivity contribution in [2.24, 2.45) is 0 Å². The highest BCUT2D eigenvalue weighted by molar-refractivity contribution is 7.92. The maximum atomic E-state index is 14.1. The van der Waals surface area contributed by atoms with E-state index in [9.17, 15) is 44.0 Å². The minimum atomic E-state index is -3.82. The van der Waals surface area contributed by atoms with Crippen molar-refractivity contribution < 1.29 is 49.1 Å². The van der Waals surface area contributed by atoms with E-state index in [1.165, 1.54) is 43.5 Å². The maximum absolute atomic E-state index is 14.1. The molecule has 69 heavy (non-hydrogen) atoms. The molecule has 2 aliphatic heterocycles. The normalized spacial score (nSPS) is 18.5. The Labute approximate surface area is 395 Å². The summed E-state index contributed by atoms with van der Waals surface area (Å²) in [6, 6.07) is 10.6. The molecular formula is C46H52F4N10O7S2. The van der Waals surface area contributed by atoms with Crippen LogP contribution in [0.5, 0.6) is 0 Å². The number of sulfonamides is 2. The largest absolute Gasteiger partial charge is 0.478 e. The van der Waals surface area contributed by atoms with Crippen molar-refractivity contribution in [1.29, 1.82) is 0 Å². The Balaban J connectivity index is 0.000000154. The van der Waals surface area contributed by atoms with Gasteiger partial charge in [-0.15, -0.1) is 0 Å². The van der Waals surface area contributed by atoms with Crippen molar-refractivity contribution in [2.45, 2.75) is 102 Å². The molecule has 0 unspecified atom stereocenters. The number of carbonyl (C=O) groups is 2. The van der Waals surface area contributed by atoms with Crippen LogP contribution in [0.25, 0.3) is 11.3 Å². The average molecular weight is 997 g/mol. The summed E-state index contributed by atoms with van der Waals surface area (Å²) in [7, 11) is -7.59. The minimum absolute atomic E-state index is 0.245. The predicted octanol–water partition coefficient (Wildman–Crippen LogP) is 7.70. The van der Waals surface area contributed by atoms with Crippen molar-refractivity contribution in [3.8, 4) is 0 Å². The van der Waals surface area contributed by atoms with Crippen LogP contribution in [0.3, 0.4) is 0 Å². The van der Waals surface area contributed by atoms with Crippen LogP contribution in [0, 0.1) is 37.1 Å². The van der Waals surface area contributed by atoms with Crippen LogP contribution < -0.4 is 14.8 Å². The lowest BCUT2D eigenvalue weighted by Gasteiger charge is -2.35. The number of fused-ring (bicyclic) bond motifs is 2. The molecule has 2 aliphatic carbocycles. The number of hydrogen-bond donors (Lipinski definition) is 4. The molecule has 6 aromatic rings. The van der Waals surface area contributed by atoms with Crippen LogP contribution in [0.4, 0.5) is 28.9 Å². The number of carbonyl (C=O) groups excluding carboxylic acids is 1. The van der Waals surface area contributed by atoms with Crippen LogP contribution in [0.15, 0.2) is 48.5 Å². The number of piperidine rings is 2. The van der Waals surface area contributed by atoms with Crippen molar-refractivity contribution in [2.75, 3.05) is 35.0 Å². The van der Waals surface area contributed by atoms with Crippen LogP contribution >= 0.6 is 0 Å². The molecule has 0 spiro atoms. The first-order chi connectivity index (χ1) is 32.6. The number of anilines is 2. The highest BCUT2D eigenvalue weighted by Crippen LogP contribution is 2.41. The molecule has 0 radical (unpaired) electrons. The summed E-state index contributed by atoms with van der Waals surface area (Å²) in [5.74, 6) is -6.13. The smallest absolute Gasteiger partial charge is 0.337 e. The van der Waals surface area contributed by atoms with Crippen LogP contribution in [-0.4, -0.2) is 93.5 Å². The van der Waals surface area contributed by atoms with Crippen LogP contribution in [-0.2, 0) is 20.0 Å². The van der Waals surface area contributed by atoms with Gasteiger partial charge in [-0.25, -0.2) is 58.2 Å². The summed E-state index contributed by atoms with van der Waals surface area (Å²) in [6.45, 7) is 5.59. The van der Waals surface area contributed by atoms with E-state index >= 15 is 0 Å². The van der Waals surface area contributed by atoms with Crippen molar-refractivity contribution >= 4 is 54.6 Å². The number of nitrogens with zero attached hydrogens (tertiary/aromatic N) is 7. The Kier molecular flexibility index (Phi) is 14.0. The number of aryl methyl sites for hydroxylation is 2. The van der Waals surface area contributed by atoms with Crippen molar-refractivity contribution in [1.82, 2.24) is 39.4 Å². The molecule has 17 nitrogen and oxygen atoms in total. The zero-order chi connectivity index (χ0) is 49.5. The number of carboxylic acid groups (broad SMARTS) is 1. The van der Waals surface area contributed by atoms with E-state index < -0.39 is 72.5 Å². The lowest BCUT2D eigenvalue weighted by Crippen LogP contribution is -2.39. The Bertz CT molecular complexity index is 3190. The number of rotatable bonds is 10. The van der Waals surface area contributed by atoms with E-state index in [0.717, 1.165) is 73.5 Å². The minimum Gasteiger partial charge on any atom is -0.478 e. The van der Waals surface area contributed by atoms with Crippen LogP contribution in [0.2, 0.25) is 0 Å². The fourth-order valence-electron chi connectivity index (χ4n) is 8.60. The average Bonchev–Trinajstić information content (AvgIpc) is 4.23. The van der Waals surface area contributed by atoms with Gasteiger partial charge in [0.05, 0.1) is 58.5 Å². The number of nitrogens with one attached hydrogen (secondary N) is 3. The zero-order valence-corrected chi connectivity index (χ0v) is 39.9. The number of amides is 1. The second-order valence-corrected chi connectivity index (χ2v) is 21.6. The Morgan fingerprint density at radius 2 is 1.10 bits per heavy atom. The first-order valence-electron chi connectivity index (χ1n) is 22.6. The number of aromatic nitrogens is 6. The highest BCUT2D eigenvalue weighted by atomic mass is 32.2. The lowest BCUT2D eigenvalue weighted by atomic mass is 9.98. The Morgan fingerprint density at radius 1 is 0.623 bits per heavy atom. The van der Waals surface area contributed by atoms with Gasteiger partial charge in [0.25, 0.3) is 5.91 Å². The Morgan fingerprint density at radius 3 is 1.59 bits per heavy atom. The van der Waals surface area contributed by atoms with E-state index in [1.54, 1.807) is 14.1 Å². The molecule has 2 atom stereocenters. The van der Waals surface area contributed by atoms with Gasteiger partial charge in [0.2, 0.25) is 20.0 Å². The van der Waals surface area contributed by atoms with Gasteiger partial charge in [-0.3, -0.25) is 14.2 Å².